The van der Waals surface area contributed by atoms with Gasteiger partial charge in [-0.25, -0.2) is 0 Å². The molecule has 0 aromatic heterocycles. The Morgan fingerprint density at radius 3 is 2.24 bits per heavy atom. The zero-order chi connectivity index (χ0) is 13.2. The Hall–Kier alpha value is -1.19. The van der Waals surface area contributed by atoms with Crippen LogP contribution in [-0.4, -0.2) is 13.3 Å². The van der Waals surface area contributed by atoms with E-state index in [4.69, 9.17) is 4.74 Å². The van der Waals surface area contributed by atoms with E-state index in [9.17, 15) is 13.2 Å². The predicted octanol–water partition coefficient (Wildman–Crippen LogP) is 4.23. The molecule has 0 radical (unpaired) electrons. The number of hydrogen-bond donors (Lipinski definition) is 0. The van der Waals surface area contributed by atoms with E-state index in [1.807, 2.05) is 13.8 Å². The summed E-state index contributed by atoms with van der Waals surface area (Å²) in [6.45, 7) is 5.54. The summed E-state index contributed by atoms with van der Waals surface area (Å²) in [5, 5.41) is 0. The Labute approximate surface area is 99.6 Å². The first-order chi connectivity index (χ1) is 7.74. The Bertz CT molecular complexity index is 394. The monoisotopic (exact) mass is 246 g/mol. The van der Waals surface area contributed by atoms with Crippen molar-refractivity contribution >= 4 is 0 Å². The maximum Gasteiger partial charge on any atom is 0.393 e. The number of ether oxygens (including phenoxy) is 1. The van der Waals surface area contributed by atoms with Gasteiger partial charge in [-0.15, -0.1) is 0 Å². The van der Waals surface area contributed by atoms with E-state index in [-0.39, 0.29) is 5.92 Å². The van der Waals surface area contributed by atoms with E-state index in [1.165, 1.54) is 7.11 Å². The maximum absolute atomic E-state index is 12.4. The molecule has 0 bridgehead atoms. The normalized spacial score (nSPS) is 12.0. The first-order valence-electron chi connectivity index (χ1n) is 5.48. The number of benzene rings is 1. The van der Waals surface area contributed by atoms with Gasteiger partial charge in [0.15, 0.2) is 0 Å². The molecule has 0 saturated carbocycles. The van der Waals surface area contributed by atoms with Gasteiger partial charge in [-0.05, 0) is 35.6 Å². The summed E-state index contributed by atoms with van der Waals surface area (Å²) in [7, 11) is 1.53. The van der Waals surface area contributed by atoms with Crippen molar-refractivity contribution in [1.82, 2.24) is 0 Å². The van der Waals surface area contributed by atoms with Crippen molar-refractivity contribution < 1.29 is 17.9 Å². The fraction of sp³-hybridized carbons (Fsp3) is 0.538. The Morgan fingerprint density at radius 1 is 1.24 bits per heavy atom. The van der Waals surface area contributed by atoms with Crippen LogP contribution in [0.25, 0.3) is 0 Å². The van der Waals surface area contributed by atoms with Crippen LogP contribution in [0.1, 0.15) is 36.5 Å². The van der Waals surface area contributed by atoms with Crippen molar-refractivity contribution in [2.24, 2.45) is 0 Å². The van der Waals surface area contributed by atoms with Gasteiger partial charge in [0.2, 0.25) is 0 Å². The highest BCUT2D eigenvalue weighted by atomic mass is 19.4. The summed E-state index contributed by atoms with van der Waals surface area (Å²) in [5.74, 6) is 0.793. The van der Waals surface area contributed by atoms with Crippen molar-refractivity contribution in [3.05, 3.63) is 28.8 Å². The lowest BCUT2D eigenvalue weighted by Crippen LogP contribution is -2.13. The zero-order valence-corrected chi connectivity index (χ0v) is 10.5. The highest BCUT2D eigenvalue weighted by Crippen LogP contribution is 2.32. The van der Waals surface area contributed by atoms with Gasteiger partial charge in [-0.3, -0.25) is 0 Å². The van der Waals surface area contributed by atoms with Gasteiger partial charge in [0.25, 0.3) is 0 Å². The smallest absolute Gasteiger partial charge is 0.393 e. The molecule has 0 amide bonds. The van der Waals surface area contributed by atoms with Crippen molar-refractivity contribution in [3.63, 3.8) is 0 Å². The zero-order valence-electron chi connectivity index (χ0n) is 10.5. The molecule has 0 saturated heterocycles. The first-order valence-corrected chi connectivity index (χ1v) is 5.48. The van der Waals surface area contributed by atoms with Crippen molar-refractivity contribution in [2.45, 2.75) is 39.3 Å². The van der Waals surface area contributed by atoms with Gasteiger partial charge in [0.05, 0.1) is 13.5 Å². The molecule has 1 aromatic rings. The molecule has 1 aromatic carbocycles. The molecule has 0 spiro atoms. The van der Waals surface area contributed by atoms with E-state index in [0.29, 0.717) is 16.9 Å². The first kappa shape index (κ1) is 13.9. The quantitative estimate of drug-likeness (QED) is 0.775. The van der Waals surface area contributed by atoms with E-state index in [0.717, 1.165) is 5.56 Å². The number of methoxy groups -OCH3 is 1. The molecule has 1 rings (SSSR count). The van der Waals surface area contributed by atoms with Crippen LogP contribution in [0.2, 0.25) is 0 Å². The molecule has 96 valence electrons. The molecule has 1 nitrogen and oxygen atoms in total. The summed E-state index contributed by atoms with van der Waals surface area (Å²) in [4.78, 5) is 0. The average molecular weight is 246 g/mol. The van der Waals surface area contributed by atoms with Crippen LogP contribution in [0.4, 0.5) is 13.2 Å². The lowest BCUT2D eigenvalue weighted by Gasteiger charge is -2.17. The molecule has 0 aliphatic rings. The summed E-state index contributed by atoms with van der Waals surface area (Å²) in [6, 6.07) is 3.28. The van der Waals surface area contributed by atoms with Crippen LogP contribution in [-0.2, 0) is 6.42 Å². The lowest BCUT2D eigenvalue weighted by molar-refractivity contribution is -0.127. The van der Waals surface area contributed by atoms with Crippen LogP contribution >= 0.6 is 0 Å². The number of hydrogen-bond acceptors (Lipinski definition) is 1. The van der Waals surface area contributed by atoms with E-state index in [2.05, 4.69) is 0 Å². The minimum Gasteiger partial charge on any atom is -0.496 e. The lowest BCUT2D eigenvalue weighted by atomic mass is 9.95. The summed E-state index contributed by atoms with van der Waals surface area (Å²) in [5.41, 5.74) is 1.75. The van der Waals surface area contributed by atoms with Gasteiger partial charge < -0.3 is 4.74 Å². The van der Waals surface area contributed by atoms with Crippen LogP contribution < -0.4 is 4.74 Å². The van der Waals surface area contributed by atoms with Crippen LogP contribution in [0.15, 0.2) is 12.1 Å². The van der Waals surface area contributed by atoms with Crippen molar-refractivity contribution in [3.8, 4) is 5.75 Å². The fourth-order valence-corrected chi connectivity index (χ4v) is 1.78. The van der Waals surface area contributed by atoms with Gasteiger partial charge in [-0.1, -0.05) is 19.9 Å². The second kappa shape index (κ2) is 4.98. The minimum atomic E-state index is -4.17. The molecule has 0 fully saturated rings. The van der Waals surface area contributed by atoms with E-state index in [1.54, 1.807) is 19.1 Å². The standard InChI is InChI=1S/C13H17F3O/c1-8(2)11-6-10(7-13(14,15)16)9(3)5-12(11)17-4/h5-6,8H,7H2,1-4H3. The molecule has 0 aliphatic heterocycles. The van der Waals surface area contributed by atoms with Gasteiger partial charge in [0.1, 0.15) is 5.75 Å². The van der Waals surface area contributed by atoms with Crippen LogP contribution in [0, 0.1) is 6.92 Å². The number of aryl methyl sites for hydroxylation is 1. The third kappa shape index (κ3) is 3.65. The minimum absolute atomic E-state index is 0.137. The third-order valence-electron chi connectivity index (χ3n) is 2.70. The van der Waals surface area contributed by atoms with E-state index < -0.39 is 12.6 Å². The molecule has 0 atom stereocenters. The molecule has 0 unspecified atom stereocenters. The SMILES string of the molecule is COc1cc(C)c(CC(F)(F)F)cc1C(C)C. The van der Waals surface area contributed by atoms with Crippen LogP contribution in [0.5, 0.6) is 5.75 Å². The van der Waals surface area contributed by atoms with Gasteiger partial charge in [-0.2, -0.15) is 13.2 Å². The summed E-state index contributed by atoms with van der Waals surface area (Å²) in [6.07, 6.45) is -5.06. The molecule has 0 heterocycles. The van der Waals surface area contributed by atoms with E-state index >= 15 is 0 Å². The molecular weight excluding hydrogens is 229 g/mol. The van der Waals surface area contributed by atoms with Gasteiger partial charge in [0, 0.05) is 0 Å². The highest BCUT2D eigenvalue weighted by Gasteiger charge is 2.29. The van der Waals surface area contributed by atoms with Gasteiger partial charge >= 0.3 is 6.18 Å². The third-order valence-corrected chi connectivity index (χ3v) is 2.70. The van der Waals surface area contributed by atoms with Crippen molar-refractivity contribution in [1.29, 1.82) is 0 Å². The Morgan fingerprint density at radius 2 is 1.82 bits per heavy atom. The van der Waals surface area contributed by atoms with Crippen molar-refractivity contribution in [2.75, 3.05) is 7.11 Å². The summed E-state index contributed by atoms with van der Waals surface area (Å²) < 4.78 is 42.4. The summed E-state index contributed by atoms with van der Waals surface area (Å²) >= 11 is 0. The molecule has 17 heavy (non-hydrogen) atoms. The molecule has 0 aliphatic carbocycles. The molecule has 0 N–H and O–H groups in total. The molecular formula is C13H17F3O. The molecule has 4 heteroatoms. The fourth-order valence-electron chi connectivity index (χ4n) is 1.78. The topological polar surface area (TPSA) is 9.23 Å². The second-order valence-electron chi connectivity index (χ2n) is 4.47. The number of alkyl halides is 3. The largest absolute Gasteiger partial charge is 0.496 e. The average Bonchev–Trinajstić information content (AvgIpc) is 2.18. The number of halogens is 3. The predicted molar refractivity (Wildman–Crippen MR) is 61.6 cm³/mol. The second-order valence-corrected chi connectivity index (χ2v) is 4.47. The highest BCUT2D eigenvalue weighted by molar-refractivity contribution is 5.44. The Balaban J connectivity index is 3.20. The number of rotatable bonds is 3. The van der Waals surface area contributed by atoms with Crippen LogP contribution in [0.3, 0.4) is 0 Å². The Kier molecular flexibility index (Phi) is 4.07. The maximum atomic E-state index is 12.4.